The van der Waals surface area contributed by atoms with Crippen LogP contribution in [0.25, 0.3) is 22.5 Å². The summed E-state index contributed by atoms with van der Waals surface area (Å²) in [5.74, 6) is 2.07. The van der Waals surface area contributed by atoms with E-state index < -0.39 is 0 Å². The van der Waals surface area contributed by atoms with Crippen molar-refractivity contribution in [3.05, 3.63) is 60.0 Å². The number of methoxy groups -OCH3 is 2. The van der Waals surface area contributed by atoms with E-state index >= 15 is 0 Å². The van der Waals surface area contributed by atoms with Gasteiger partial charge in [0.25, 0.3) is 5.89 Å². The van der Waals surface area contributed by atoms with E-state index in [1.807, 2.05) is 42.5 Å². The molecule has 0 amide bonds. The Kier molecular flexibility index (Phi) is 4.82. The first kappa shape index (κ1) is 16.1. The normalized spacial score (nSPS) is 11.4. The van der Waals surface area contributed by atoms with Crippen LogP contribution < -0.4 is 9.47 Å². The van der Waals surface area contributed by atoms with E-state index in [4.69, 9.17) is 25.6 Å². The number of hydrogen-bond acceptors (Lipinski definition) is 5. The highest BCUT2D eigenvalue weighted by atomic mass is 35.5. The maximum Gasteiger partial charge on any atom is 0.269 e. The fraction of sp³-hybridized carbons (Fsp3) is 0.111. The van der Waals surface area contributed by atoms with Crippen molar-refractivity contribution < 1.29 is 14.0 Å². The van der Waals surface area contributed by atoms with Gasteiger partial charge < -0.3 is 14.0 Å². The average Bonchev–Trinajstić information content (AvgIpc) is 3.12. The van der Waals surface area contributed by atoms with Crippen LogP contribution >= 0.6 is 11.6 Å². The fourth-order valence-corrected chi connectivity index (χ4v) is 2.35. The molecule has 1 heterocycles. The van der Waals surface area contributed by atoms with E-state index in [-0.39, 0.29) is 5.89 Å². The molecule has 0 N–H and O–H groups in total. The van der Waals surface area contributed by atoms with Gasteiger partial charge in [-0.15, -0.1) is 0 Å². The molecule has 24 heavy (non-hydrogen) atoms. The number of rotatable bonds is 5. The van der Waals surface area contributed by atoms with Crippen molar-refractivity contribution in [1.82, 2.24) is 10.1 Å². The van der Waals surface area contributed by atoms with E-state index in [1.54, 1.807) is 26.4 Å². The maximum atomic E-state index is 6.32. The summed E-state index contributed by atoms with van der Waals surface area (Å²) in [7, 11) is 3.18. The number of aromatic nitrogens is 2. The first-order valence-electron chi connectivity index (χ1n) is 7.19. The van der Waals surface area contributed by atoms with Crippen molar-refractivity contribution in [1.29, 1.82) is 0 Å². The third-order valence-electron chi connectivity index (χ3n) is 3.33. The van der Waals surface area contributed by atoms with Gasteiger partial charge in [-0.1, -0.05) is 47.1 Å². The summed E-state index contributed by atoms with van der Waals surface area (Å²) >= 11 is 6.32. The molecule has 122 valence electrons. The van der Waals surface area contributed by atoms with E-state index in [2.05, 4.69) is 10.1 Å². The van der Waals surface area contributed by atoms with Crippen molar-refractivity contribution in [2.24, 2.45) is 0 Å². The quantitative estimate of drug-likeness (QED) is 0.683. The Morgan fingerprint density at radius 3 is 2.33 bits per heavy atom. The average molecular weight is 343 g/mol. The molecule has 5 nitrogen and oxygen atoms in total. The van der Waals surface area contributed by atoms with E-state index in [1.165, 1.54) is 0 Å². The second-order valence-corrected chi connectivity index (χ2v) is 5.33. The molecular formula is C18H15ClN2O3. The Hall–Kier alpha value is -2.79. The summed E-state index contributed by atoms with van der Waals surface area (Å²) in [5, 5.41) is 4.29. The van der Waals surface area contributed by atoms with Gasteiger partial charge in [0.15, 0.2) is 0 Å². The second-order valence-electron chi connectivity index (χ2n) is 4.93. The summed E-state index contributed by atoms with van der Waals surface area (Å²) in [6.07, 6.45) is 1.72. The number of hydrogen-bond donors (Lipinski definition) is 0. The molecule has 0 radical (unpaired) electrons. The lowest BCUT2D eigenvalue weighted by Crippen LogP contribution is -1.88. The second kappa shape index (κ2) is 7.19. The van der Waals surface area contributed by atoms with Gasteiger partial charge in [-0.3, -0.25) is 0 Å². The van der Waals surface area contributed by atoms with Crippen LogP contribution in [0, 0.1) is 0 Å². The predicted molar refractivity (Wildman–Crippen MR) is 93.0 cm³/mol. The number of halogens is 1. The van der Waals surface area contributed by atoms with Gasteiger partial charge in [0.05, 0.1) is 14.2 Å². The Morgan fingerprint density at radius 2 is 1.71 bits per heavy atom. The summed E-state index contributed by atoms with van der Waals surface area (Å²) in [6, 6.07) is 15.0. The first-order chi connectivity index (χ1) is 11.7. The highest BCUT2D eigenvalue weighted by Gasteiger charge is 2.11. The smallest absolute Gasteiger partial charge is 0.269 e. The zero-order valence-electron chi connectivity index (χ0n) is 13.2. The molecule has 0 spiro atoms. The number of nitrogens with zero attached hydrogens (tertiary/aromatic N) is 2. The fourth-order valence-electron chi connectivity index (χ4n) is 2.15. The minimum absolute atomic E-state index is 0.248. The van der Waals surface area contributed by atoms with Gasteiger partial charge in [0, 0.05) is 11.6 Å². The lowest BCUT2D eigenvalue weighted by atomic mass is 10.2. The van der Waals surface area contributed by atoms with Crippen LogP contribution in [0.2, 0.25) is 0 Å². The topological polar surface area (TPSA) is 57.4 Å². The molecule has 6 heteroatoms. The monoisotopic (exact) mass is 342 g/mol. The van der Waals surface area contributed by atoms with Crippen LogP contribution in [0.1, 0.15) is 11.5 Å². The van der Waals surface area contributed by atoms with Crippen molar-refractivity contribution in [3.63, 3.8) is 0 Å². The molecule has 0 aliphatic rings. The van der Waals surface area contributed by atoms with Gasteiger partial charge >= 0.3 is 0 Å². The van der Waals surface area contributed by atoms with Gasteiger partial charge in [-0.05, 0) is 23.8 Å². The summed E-state index contributed by atoms with van der Waals surface area (Å²) in [6.45, 7) is 0. The summed E-state index contributed by atoms with van der Waals surface area (Å²) < 4.78 is 15.7. The highest BCUT2D eigenvalue weighted by molar-refractivity contribution is 6.50. The summed E-state index contributed by atoms with van der Waals surface area (Å²) in [4.78, 5) is 4.32. The van der Waals surface area contributed by atoms with Gasteiger partial charge in [0.2, 0.25) is 5.82 Å². The predicted octanol–water partition coefficient (Wildman–Crippen LogP) is 4.49. The molecule has 0 aliphatic carbocycles. The molecule has 0 fully saturated rings. The largest absolute Gasteiger partial charge is 0.497 e. The zero-order valence-corrected chi connectivity index (χ0v) is 13.9. The molecule has 3 rings (SSSR count). The molecule has 0 saturated heterocycles. The number of benzene rings is 2. The number of ether oxygens (including phenoxy) is 2. The molecular weight excluding hydrogens is 328 g/mol. The summed E-state index contributed by atoms with van der Waals surface area (Å²) in [5.41, 5.74) is 1.66. The Bertz CT molecular complexity index is 837. The Morgan fingerprint density at radius 1 is 1.04 bits per heavy atom. The van der Waals surface area contributed by atoms with E-state index in [9.17, 15) is 0 Å². The molecule has 0 unspecified atom stereocenters. The van der Waals surface area contributed by atoms with Crippen molar-refractivity contribution >= 4 is 22.7 Å². The van der Waals surface area contributed by atoms with Crippen molar-refractivity contribution in [2.75, 3.05) is 14.2 Å². The third kappa shape index (κ3) is 3.58. The van der Waals surface area contributed by atoms with Crippen LogP contribution in [-0.2, 0) is 0 Å². The first-order valence-corrected chi connectivity index (χ1v) is 7.57. The molecule has 0 aliphatic heterocycles. The molecule has 0 saturated carbocycles. The van der Waals surface area contributed by atoms with Crippen LogP contribution in [-0.4, -0.2) is 24.4 Å². The standard InChI is InChI=1S/C18H15ClN2O3/c1-22-14-8-12(9-15(11-14)23-2)10-16(19)18-20-17(21-24-18)13-6-4-3-5-7-13/h3-11H,1-2H3/b16-10-. The zero-order chi connectivity index (χ0) is 16.9. The Labute approximate surface area is 144 Å². The van der Waals surface area contributed by atoms with Crippen LogP contribution in [0.4, 0.5) is 0 Å². The van der Waals surface area contributed by atoms with Gasteiger partial charge in [-0.25, -0.2) is 0 Å². The molecule has 3 aromatic rings. The van der Waals surface area contributed by atoms with Crippen molar-refractivity contribution in [3.8, 4) is 22.9 Å². The SMILES string of the molecule is COc1cc(/C=C(\Cl)c2nc(-c3ccccc3)no2)cc(OC)c1. The van der Waals surface area contributed by atoms with Crippen LogP contribution in [0.3, 0.4) is 0 Å². The maximum absolute atomic E-state index is 6.32. The van der Waals surface area contributed by atoms with E-state index in [0.717, 1.165) is 11.1 Å². The lowest BCUT2D eigenvalue weighted by molar-refractivity contribution is 0.394. The van der Waals surface area contributed by atoms with Crippen molar-refractivity contribution in [2.45, 2.75) is 0 Å². The van der Waals surface area contributed by atoms with Gasteiger partial charge in [-0.2, -0.15) is 4.98 Å². The third-order valence-corrected chi connectivity index (χ3v) is 3.60. The highest BCUT2D eigenvalue weighted by Crippen LogP contribution is 2.28. The van der Waals surface area contributed by atoms with E-state index in [0.29, 0.717) is 22.4 Å². The molecule has 2 aromatic carbocycles. The van der Waals surface area contributed by atoms with Gasteiger partial charge in [0.1, 0.15) is 16.5 Å². The minimum atomic E-state index is 0.248. The Balaban J connectivity index is 1.90. The minimum Gasteiger partial charge on any atom is -0.497 e. The molecule has 0 bridgehead atoms. The lowest BCUT2D eigenvalue weighted by Gasteiger charge is -2.05. The molecule has 1 aromatic heterocycles. The van der Waals surface area contributed by atoms with Crippen LogP contribution in [0.15, 0.2) is 53.1 Å². The molecule has 0 atom stereocenters. The van der Waals surface area contributed by atoms with Crippen LogP contribution in [0.5, 0.6) is 11.5 Å².